The van der Waals surface area contributed by atoms with Crippen LogP contribution in [-0.2, 0) is 0 Å². The van der Waals surface area contributed by atoms with Crippen molar-refractivity contribution in [3.63, 3.8) is 0 Å². The zero-order valence-electron chi connectivity index (χ0n) is 9.17. The quantitative estimate of drug-likeness (QED) is 0.412. The third-order valence-corrected chi connectivity index (χ3v) is 2.35. The number of hydrogen-bond donors (Lipinski definition) is 2. The summed E-state index contributed by atoms with van der Waals surface area (Å²) in [6.45, 7) is 1.01. The molecule has 0 aliphatic heterocycles. The van der Waals surface area contributed by atoms with Gasteiger partial charge in [-0.3, -0.25) is 5.32 Å². The van der Waals surface area contributed by atoms with Gasteiger partial charge in [-0.15, -0.1) is 0 Å². The van der Waals surface area contributed by atoms with Crippen LogP contribution in [0.25, 0.3) is 11.0 Å². The van der Waals surface area contributed by atoms with Crippen molar-refractivity contribution in [2.75, 3.05) is 18.4 Å². The Bertz CT molecular complexity index is 531. The van der Waals surface area contributed by atoms with Gasteiger partial charge in [0.25, 0.3) is 5.52 Å². The van der Waals surface area contributed by atoms with Gasteiger partial charge in [0.15, 0.2) is 5.52 Å². The summed E-state index contributed by atoms with van der Waals surface area (Å²) in [5.41, 5.74) is 5.87. The van der Waals surface area contributed by atoms with Gasteiger partial charge < -0.3 is 16.1 Å². The molecular formula is C10H13N5O2. The number of fused-ring (bicyclic) bond motifs is 1. The molecule has 7 nitrogen and oxygen atoms in total. The molecule has 0 fully saturated rings. The number of para-hydroxylation sites is 2. The van der Waals surface area contributed by atoms with Crippen molar-refractivity contribution in [2.45, 2.75) is 6.42 Å². The Hall–Kier alpha value is -2.15. The van der Waals surface area contributed by atoms with Crippen molar-refractivity contribution in [3.05, 3.63) is 34.7 Å². The molecule has 0 aliphatic carbocycles. The van der Waals surface area contributed by atoms with E-state index in [9.17, 15) is 10.4 Å². The number of benzene rings is 1. The first-order chi connectivity index (χ1) is 8.24. The molecule has 1 aromatic heterocycles. The lowest BCUT2D eigenvalue weighted by atomic mass is 10.3. The lowest BCUT2D eigenvalue weighted by Crippen LogP contribution is -2.44. The molecule has 1 aromatic carbocycles. The van der Waals surface area contributed by atoms with E-state index < -0.39 is 0 Å². The summed E-state index contributed by atoms with van der Waals surface area (Å²) in [6, 6.07) is 6.50. The summed E-state index contributed by atoms with van der Waals surface area (Å²) in [5, 5.41) is 29.9. The fraction of sp³-hybridized carbons (Fsp3) is 0.300. The van der Waals surface area contributed by atoms with E-state index in [-0.39, 0.29) is 17.0 Å². The maximum atomic E-state index is 11.9. The van der Waals surface area contributed by atoms with Crippen LogP contribution >= 0.6 is 0 Å². The predicted molar refractivity (Wildman–Crippen MR) is 61.8 cm³/mol. The topological polar surface area (TPSA) is 105 Å². The molecule has 7 heteroatoms. The highest BCUT2D eigenvalue weighted by atomic mass is 16.5. The van der Waals surface area contributed by atoms with Crippen molar-refractivity contribution in [1.82, 2.24) is 5.10 Å². The summed E-state index contributed by atoms with van der Waals surface area (Å²) in [4.78, 5) is 0.439. The highest BCUT2D eigenvalue weighted by Gasteiger charge is 2.18. The summed E-state index contributed by atoms with van der Waals surface area (Å²) >= 11 is 0. The lowest BCUT2D eigenvalue weighted by molar-refractivity contribution is -0.672. The van der Waals surface area contributed by atoms with Crippen molar-refractivity contribution >= 4 is 17.0 Å². The van der Waals surface area contributed by atoms with E-state index in [4.69, 9.17) is 5.73 Å². The molecule has 2 rings (SSSR count). The minimum absolute atomic E-state index is 0.00727. The van der Waals surface area contributed by atoms with E-state index in [1.54, 1.807) is 24.3 Å². The average molecular weight is 235 g/mol. The summed E-state index contributed by atoms with van der Waals surface area (Å²) in [7, 11) is 0. The predicted octanol–water partition coefficient (Wildman–Crippen LogP) is -0.738. The van der Waals surface area contributed by atoms with Crippen LogP contribution < -0.4 is 20.6 Å². The molecule has 90 valence electrons. The van der Waals surface area contributed by atoms with Crippen molar-refractivity contribution < 1.29 is 9.58 Å². The molecule has 0 radical (unpaired) electrons. The molecule has 0 bridgehead atoms. The highest BCUT2D eigenvalue weighted by Crippen LogP contribution is 2.05. The van der Waals surface area contributed by atoms with E-state index in [1.807, 2.05) is 0 Å². The standard InChI is InChI=1S/C10H13N5O2/c11-6-3-7-12-10-13-15(17)9-5-2-1-4-8(9)14(10)16/h1-2,4-5H,3,6-7,11H2,(H,12,13). The average Bonchev–Trinajstić information content (AvgIpc) is 2.36. The molecule has 17 heavy (non-hydrogen) atoms. The fourth-order valence-corrected chi connectivity index (χ4v) is 1.50. The Kier molecular flexibility index (Phi) is 3.20. The van der Waals surface area contributed by atoms with Gasteiger partial charge in [-0.1, -0.05) is 12.1 Å². The summed E-state index contributed by atoms with van der Waals surface area (Å²) in [6.07, 6.45) is 0.702. The number of aromatic nitrogens is 3. The Labute approximate surface area is 97.6 Å². The molecule has 2 aromatic rings. The van der Waals surface area contributed by atoms with Gasteiger partial charge in [0.05, 0.1) is 6.54 Å². The van der Waals surface area contributed by atoms with E-state index >= 15 is 0 Å². The van der Waals surface area contributed by atoms with Crippen LogP contribution in [0.3, 0.4) is 0 Å². The molecule has 3 N–H and O–H groups in total. The maximum absolute atomic E-state index is 11.9. The van der Waals surface area contributed by atoms with Gasteiger partial charge in [0.1, 0.15) is 0 Å². The molecule has 1 heterocycles. The zero-order valence-corrected chi connectivity index (χ0v) is 9.17. The summed E-state index contributed by atoms with van der Waals surface area (Å²) in [5.74, 6) is -0.00727. The van der Waals surface area contributed by atoms with Gasteiger partial charge in [0, 0.05) is 10.9 Å². The molecule has 0 atom stereocenters. The SMILES string of the molecule is NCCCNc1n[n+]([O-])c2ccccc2[n+]1[O-]. The minimum Gasteiger partial charge on any atom is -0.739 e. The number of nitrogens with two attached hydrogens (primary N) is 1. The summed E-state index contributed by atoms with van der Waals surface area (Å²) < 4.78 is 0.611. The van der Waals surface area contributed by atoms with Gasteiger partial charge in [-0.25, -0.2) is 4.73 Å². The number of rotatable bonds is 4. The third kappa shape index (κ3) is 2.18. The Morgan fingerprint density at radius 2 is 1.94 bits per heavy atom. The Balaban J connectivity index is 2.40. The monoisotopic (exact) mass is 235 g/mol. The van der Waals surface area contributed by atoms with E-state index in [0.717, 1.165) is 0 Å². The first-order valence-corrected chi connectivity index (χ1v) is 5.30. The number of nitrogens with zero attached hydrogens (tertiary/aromatic N) is 3. The highest BCUT2D eigenvalue weighted by molar-refractivity contribution is 5.67. The molecule has 0 amide bonds. The largest absolute Gasteiger partial charge is 0.739 e. The zero-order chi connectivity index (χ0) is 12.3. The fourth-order valence-electron chi connectivity index (χ4n) is 1.50. The van der Waals surface area contributed by atoms with Crippen LogP contribution in [0, 0.1) is 10.4 Å². The molecule has 0 saturated carbocycles. The second kappa shape index (κ2) is 4.79. The first kappa shape index (κ1) is 11.3. The molecule has 0 aliphatic rings. The lowest BCUT2D eigenvalue weighted by Gasteiger charge is -2.09. The Morgan fingerprint density at radius 1 is 1.24 bits per heavy atom. The van der Waals surface area contributed by atoms with Crippen LogP contribution in [-0.4, -0.2) is 18.2 Å². The number of hydrogen-bond acceptors (Lipinski definition) is 5. The third-order valence-electron chi connectivity index (χ3n) is 2.35. The molecule has 0 unspecified atom stereocenters. The normalized spacial score (nSPS) is 10.6. The number of nitrogens with one attached hydrogen (secondary N) is 1. The van der Waals surface area contributed by atoms with E-state index in [0.29, 0.717) is 29.1 Å². The van der Waals surface area contributed by atoms with Crippen LogP contribution in [0.2, 0.25) is 0 Å². The maximum Gasteiger partial charge on any atom is 0.460 e. The van der Waals surface area contributed by atoms with Crippen molar-refractivity contribution in [1.29, 1.82) is 0 Å². The number of anilines is 1. The van der Waals surface area contributed by atoms with E-state index in [1.165, 1.54) is 0 Å². The molecular weight excluding hydrogens is 222 g/mol. The van der Waals surface area contributed by atoms with Crippen molar-refractivity contribution in [2.24, 2.45) is 5.73 Å². The second-order valence-corrected chi connectivity index (χ2v) is 3.55. The van der Waals surface area contributed by atoms with Crippen molar-refractivity contribution in [3.8, 4) is 0 Å². The van der Waals surface area contributed by atoms with Gasteiger partial charge in [0.2, 0.25) is 5.10 Å². The smallest absolute Gasteiger partial charge is 0.460 e. The van der Waals surface area contributed by atoms with Crippen LogP contribution in [0.1, 0.15) is 6.42 Å². The minimum atomic E-state index is -0.00727. The van der Waals surface area contributed by atoms with Crippen LogP contribution in [0.15, 0.2) is 24.3 Å². The molecule has 0 spiro atoms. The van der Waals surface area contributed by atoms with Gasteiger partial charge >= 0.3 is 5.95 Å². The Morgan fingerprint density at radius 3 is 2.65 bits per heavy atom. The van der Waals surface area contributed by atoms with Crippen LogP contribution in [0.5, 0.6) is 0 Å². The first-order valence-electron chi connectivity index (χ1n) is 5.30. The molecule has 0 saturated heterocycles. The van der Waals surface area contributed by atoms with Gasteiger partial charge in [-0.2, -0.15) is 0 Å². The van der Waals surface area contributed by atoms with E-state index in [2.05, 4.69) is 10.4 Å². The van der Waals surface area contributed by atoms with Crippen LogP contribution in [0.4, 0.5) is 5.95 Å². The van der Waals surface area contributed by atoms with Gasteiger partial charge in [-0.05, 0) is 19.0 Å². The second-order valence-electron chi connectivity index (χ2n) is 3.55.